The molecule has 0 radical (unpaired) electrons. The highest BCUT2D eigenvalue weighted by Gasteiger charge is 2.13. The second-order valence-electron chi connectivity index (χ2n) is 5.74. The fourth-order valence-electron chi connectivity index (χ4n) is 2.83. The number of imidazole rings is 1. The smallest absolute Gasteiger partial charge is 0.277 e. The number of hydrogen-bond donors (Lipinski definition) is 1. The van der Waals surface area contributed by atoms with Crippen molar-refractivity contribution in [1.82, 2.24) is 19.5 Å². The summed E-state index contributed by atoms with van der Waals surface area (Å²) in [5.74, 6) is -0.252. The number of halogens is 1. The van der Waals surface area contributed by atoms with Crippen molar-refractivity contribution in [3.05, 3.63) is 82.7 Å². The van der Waals surface area contributed by atoms with Gasteiger partial charge < -0.3 is 9.55 Å². The van der Waals surface area contributed by atoms with Crippen LogP contribution in [0.2, 0.25) is 0 Å². The summed E-state index contributed by atoms with van der Waals surface area (Å²) in [4.78, 5) is 23.7. The lowest BCUT2D eigenvalue weighted by atomic mass is 10.1. The first-order valence-electron chi connectivity index (χ1n) is 7.96. The standard InChI is InChI=1S/C19H15FN4O/c20-15-9-5-4-8-14(15)17-22-18-16(19(25)23-17)24(12-21-18)11-10-13-6-2-1-3-7-13/h1-9,12H,10-11H2,(H,22,23,25). The highest BCUT2D eigenvalue weighted by atomic mass is 19.1. The van der Waals surface area contributed by atoms with E-state index in [0.717, 1.165) is 6.42 Å². The number of rotatable bonds is 4. The minimum absolute atomic E-state index is 0.184. The van der Waals surface area contributed by atoms with Gasteiger partial charge in [0.05, 0.1) is 11.9 Å². The highest BCUT2D eigenvalue weighted by molar-refractivity contribution is 5.72. The Morgan fingerprint density at radius 2 is 1.80 bits per heavy atom. The molecule has 0 unspecified atom stereocenters. The zero-order valence-electron chi connectivity index (χ0n) is 13.3. The van der Waals surface area contributed by atoms with E-state index >= 15 is 0 Å². The van der Waals surface area contributed by atoms with Crippen molar-refractivity contribution in [3.63, 3.8) is 0 Å². The van der Waals surface area contributed by atoms with Gasteiger partial charge in [0, 0.05) is 6.54 Å². The lowest BCUT2D eigenvalue weighted by Gasteiger charge is -2.05. The molecule has 0 saturated carbocycles. The largest absolute Gasteiger partial charge is 0.324 e. The molecule has 0 spiro atoms. The third-order valence-electron chi connectivity index (χ3n) is 4.10. The van der Waals surface area contributed by atoms with E-state index in [1.54, 1.807) is 29.1 Å². The SMILES string of the molecule is O=c1[nH]c(-c2ccccc2F)nc2ncn(CCc3ccccc3)c12. The molecule has 25 heavy (non-hydrogen) atoms. The van der Waals surface area contributed by atoms with Crippen molar-refractivity contribution in [3.8, 4) is 11.4 Å². The Kier molecular flexibility index (Phi) is 3.85. The molecule has 0 aliphatic rings. The van der Waals surface area contributed by atoms with Gasteiger partial charge in [-0.2, -0.15) is 0 Å². The Hall–Kier alpha value is -3.28. The molecule has 0 aliphatic carbocycles. The molecule has 124 valence electrons. The summed E-state index contributed by atoms with van der Waals surface area (Å²) in [6.07, 6.45) is 2.38. The van der Waals surface area contributed by atoms with E-state index in [9.17, 15) is 9.18 Å². The maximum Gasteiger partial charge on any atom is 0.277 e. The van der Waals surface area contributed by atoms with Gasteiger partial charge in [-0.25, -0.2) is 14.4 Å². The van der Waals surface area contributed by atoms with Crippen LogP contribution in [0.25, 0.3) is 22.6 Å². The zero-order chi connectivity index (χ0) is 17.2. The minimum atomic E-state index is -0.437. The van der Waals surface area contributed by atoms with Crippen LogP contribution < -0.4 is 5.56 Å². The molecule has 0 saturated heterocycles. The van der Waals surface area contributed by atoms with Gasteiger partial charge >= 0.3 is 0 Å². The van der Waals surface area contributed by atoms with Gasteiger partial charge in [-0.15, -0.1) is 0 Å². The normalized spacial score (nSPS) is 11.1. The van der Waals surface area contributed by atoms with Crippen molar-refractivity contribution < 1.29 is 4.39 Å². The number of benzene rings is 2. The van der Waals surface area contributed by atoms with Crippen LogP contribution in [-0.2, 0) is 13.0 Å². The third kappa shape index (κ3) is 2.94. The summed E-state index contributed by atoms with van der Waals surface area (Å²) in [6, 6.07) is 16.2. The molecule has 0 bridgehead atoms. The second-order valence-corrected chi connectivity index (χ2v) is 5.74. The summed E-state index contributed by atoms with van der Waals surface area (Å²) in [5, 5.41) is 0. The topological polar surface area (TPSA) is 63.6 Å². The summed E-state index contributed by atoms with van der Waals surface area (Å²) >= 11 is 0. The Morgan fingerprint density at radius 3 is 2.60 bits per heavy atom. The second kappa shape index (κ2) is 6.32. The summed E-state index contributed by atoms with van der Waals surface area (Å²) < 4.78 is 15.7. The molecule has 6 heteroatoms. The van der Waals surface area contributed by atoms with Crippen LogP contribution >= 0.6 is 0 Å². The molecular formula is C19H15FN4O. The maximum atomic E-state index is 13.9. The molecule has 4 rings (SSSR count). The number of hydrogen-bond acceptors (Lipinski definition) is 3. The van der Waals surface area contributed by atoms with Gasteiger partial charge in [-0.3, -0.25) is 4.79 Å². The lowest BCUT2D eigenvalue weighted by molar-refractivity contribution is 0.630. The number of fused-ring (bicyclic) bond motifs is 1. The number of aryl methyl sites for hydroxylation is 2. The van der Waals surface area contributed by atoms with Crippen LogP contribution in [0.5, 0.6) is 0 Å². The predicted octanol–water partition coefficient (Wildman–Crippen LogP) is 3.17. The molecule has 4 aromatic rings. The van der Waals surface area contributed by atoms with E-state index in [4.69, 9.17) is 0 Å². The van der Waals surface area contributed by atoms with Crippen molar-refractivity contribution in [2.75, 3.05) is 0 Å². The Labute approximate surface area is 142 Å². The van der Waals surface area contributed by atoms with Gasteiger partial charge in [0.15, 0.2) is 11.2 Å². The Morgan fingerprint density at radius 1 is 1.04 bits per heavy atom. The van der Waals surface area contributed by atoms with Gasteiger partial charge in [0.1, 0.15) is 11.6 Å². The number of H-pyrrole nitrogens is 1. The number of aromatic amines is 1. The van der Waals surface area contributed by atoms with E-state index in [-0.39, 0.29) is 16.9 Å². The van der Waals surface area contributed by atoms with Crippen LogP contribution in [0.4, 0.5) is 4.39 Å². The van der Waals surface area contributed by atoms with Gasteiger partial charge in [0.25, 0.3) is 5.56 Å². The molecule has 0 aliphatic heterocycles. The van der Waals surface area contributed by atoms with E-state index in [1.807, 2.05) is 30.3 Å². The summed E-state index contributed by atoms with van der Waals surface area (Å²) in [6.45, 7) is 0.615. The van der Waals surface area contributed by atoms with Crippen LogP contribution in [0.3, 0.4) is 0 Å². The summed E-state index contributed by atoms with van der Waals surface area (Å²) in [5.41, 5.74) is 1.82. The van der Waals surface area contributed by atoms with Crippen LogP contribution in [-0.4, -0.2) is 19.5 Å². The number of nitrogens with one attached hydrogen (secondary N) is 1. The van der Waals surface area contributed by atoms with Crippen molar-refractivity contribution in [1.29, 1.82) is 0 Å². The van der Waals surface area contributed by atoms with Crippen LogP contribution in [0, 0.1) is 5.82 Å². The predicted molar refractivity (Wildman–Crippen MR) is 93.7 cm³/mol. The molecule has 2 heterocycles. The monoisotopic (exact) mass is 334 g/mol. The molecule has 2 aromatic carbocycles. The molecule has 0 fully saturated rings. The average molecular weight is 334 g/mol. The van der Waals surface area contributed by atoms with Crippen LogP contribution in [0.15, 0.2) is 65.7 Å². The van der Waals surface area contributed by atoms with E-state index in [1.165, 1.54) is 11.6 Å². The molecule has 5 nitrogen and oxygen atoms in total. The first-order valence-corrected chi connectivity index (χ1v) is 7.96. The van der Waals surface area contributed by atoms with Crippen LogP contribution in [0.1, 0.15) is 5.56 Å². The first kappa shape index (κ1) is 15.3. The first-order chi connectivity index (χ1) is 12.2. The quantitative estimate of drug-likeness (QED) is 0.623. The third-order valence-corrected chi connectivity index (χ3v) is 4.10. The average Bonchev–Trinajstić information content (AvgIpc) is 3.05. The number of aromatic nitrogens is 4. The van der Waals surface area contributed by atoms with Gasteiger partial charge in [-0.05, 0) is 24.1 Å². The Bertz CT molecular complexity index is 1090. The maximum absolute atomic E-state index is 13.9. The molecule has 2 aromatic heterocycles. The Balaban J connectivity index is 1.70. The molecule has 1 N–H and O–H groups in total. The molecule has 0 atom stereocenters. The van der Waals surface area contributed by atoms with Gasteiger partial charge in [-0.1, -0.05) is 42.5 Å². The summed E-state index contributed by atoms with van der Waals surface area (Å²) in [7, 11) is 0. The lowest BCUT2D eigenvalue weighted by Crippen LogP contribution is -2.14. The van der Waals surface area contributed by atoms with Gasteiger partial charge in [0.2, 0.25) is 0 Å². The molecule has 0 amide bonds. The van der Waals surface area contributed by atoms with Crippen molar-refractivity contribution >= 4 is 11.2 Å². The fraction of sp³-hybridized carbons (Fsp3) is 0.105. The highest BCUT2D eigenvalue weighted by Crippen LogP contribution is 2.19. The van der Waals surface area contributed by atoms with Crippen molar-refractivity contribution in [2.45, 2.75) is 13.0 Å². The fourth-order valence-corrected chi connectivity index (χ4v) is 2.83. The van der Waals surface area contributed by atoms with E-state index in [2.05, 4.69) is 15.0 Å². The minimum Gasteiger partial charge on any atom is -0.324 e. The zero-order valence-corrected chi connectivity index (χ0v) is 13.3. The number of nitrogens with zero attached hydrogens (tertiary/aromatic N) is 3. The van der Waals surface area contributed by atoms with Crippen molar-refractivity contribution in [2.24, 2.45) is 0 Å². The molecular weight excluding hydrogens is 319 g/mol. The van der Waals surface area contributed by atoms with E-state index in [0.29, 0.717) is 17.7 Å². The van der Waals surface area contributed by atoms with E-state index < -0.39 is 5.82 Å².